The Morgan fingerprint density at radius 3 is 2.71 bits per heavy atom. The molecule has 0 amide bonds. The van der Waals surface area contributed by atoms with Crippen molar-refractivity contribution in [2.24, 2.45) is 0 Å². The maximum absolute atomic E-state index is 13.8. The number of thioether (sulfide) groups is 1. The first-order valence-electron chi connectivity index (χ1n) is 10.4. The quantitative estimate of drug-likeness (QED) is 0.667. The average Bonchev–Trinajstić information content (AvgIpc) is 2.74. The van der Waals surface area contributed by atoms with Gasteiger partial charge in [-0.15, -0.1) is 0 Å². The molecular weight excluding hydrogens is 437 g/mol. The third kappa shape index (κ3) is 4.75. The largest absolute Gasteiger partial charge is 0.455 e. The smallest absolute Gasteiger partial charge is 0.229 e. The van der Waals surface area contributed by atoms with Gasteiger partial charge in [-0.1, -0.05) is 23.9 Å². The number of hydrogen-bond donors (Lipinski definition) is 0. The molecule has 1 aromatic rings. The lowest BCUT2D eigenvalue weighted by Crippen LogP contribution is -2.44. The van der Waals surface area contributed by atoms with Gasteiger partial charge in [-0.05, 0) is 37.3 Å². The van der Waals surface area contributed by atoms with Gasteiger partial charge in [-0.2, -0.15) is 0 Å². The summed E-state index contributed by atoms with van der Waals surface area (Å²) in [7, 11) is 1.73. The highest BCUT2D eigenvalue weighted by atomic mass is 32.3. The summed E-state index contributed by atoms with van der Waals surface area (Å²) in [5.74, 6) is 0.669. The number of likely N-dealkylation sites (N-methyl/N-ethyl adjacent to an activating group) is 1. The molecular formula is C22H28FN3O3S2. The Morgan fingerprint density at radius 1 is 1.26 bits per heavy atom. The second-order valence-corrected chi connectivity index (χ2v) is 11.9. The van der Waals surface area contributed by atoms with E-state index in [0.717, 1.165) is 55.2 Å². The lowest BCUT2D eigenvalue weighted by Gasteiger charge is -2.32. The van der Waals surface area contributed by atoms with Gasteiger partial charge >= 0.3 is 0 Å². The van der Waals surface area contributed by atoms with Crippen molar-refractivity contribution >= 4 is 27.4 Å². The number of fused-ring (bicyclic) bond motifs is 1. The molecule has 3 aliphatic heterocycles. The first-order valence-corrected chi connectivity index (χ1v) is 12.7. The minimum Gasteiger partial charge on any atom is -0.455 e. The molecule has 168 valence electrons. The van der Waals surface area contributed by atoms with E-state index in [0.29, 0.717) is 11.5 Å². The average molecular weight is 466 g/mol. The highest BCUT2D eigenvalue weighted by Gasteiger charge is 2.35. The van der Waals surface area contributed by atoms with Crippen LogP contribution >= 0.6 is 11.8 Å². The van der Waals surface area contributed by atoms with E-state index in [2.05, 4.69) is 22.9 Å². The fourth-order valence-corrected chi connectivity index (χ4v) is 6.73. The molecule has 0 radical (unpaired) electrons. The van der Waals surface area contributed by atoms with Gasteiger partial charge in [0, 0.05) is 58.4 Å². The van der Waals surface area contributed by atoms with E-state index < -0.39 is 14.6 Å². The van der Waals surface area contributed by atoms with Crippen LogP contribution in [-0.4, -0.2) is 81.0 Å². The minimum absolute atomic E-state index is 0.361. The van der Waals surface area contributed by atoms with Crippen LogP contribution in [0.4, 0.5) is 4.39 Å². The fraction of sp³-hybridized carbons (Fsp3) is 0.455. The van der Waals surface area contributed by atoms with Crippen molar-refractivity contribution in [1.82, 2.24) is 14.1 Å². The summed E-state index contributed by atoms with van der Waals surface area (Å²) in [6, 6.07) is 4.51. The number of rotatable bonds is 5. The first kappa shape index (κ1) is 22.5. The molecule has 0 bridgehead atoms. The van der Waals surface area contributed by atoms with Crippen molar-refractivity contribution < 1.29 is 17.5 Å². The molecule has 0 N–H and O–H groups in total. The van der Waals surface area contributed by atoms with Crippen LogP contribution in [0, 0.1) is 5.82 Å². The molecule has 0 aromatic heterocycles. The maximum Gasteiger partial charge on any atom is 0.229 e. The normalized spacial score (nSPS) is 23.8. The fourth-order valence-electron chi connectivity index (χ4n) is 3.81. The number of nitrogens with zero attached hydrogens (tertiary/aromatic N) is 3. The maximum atomic E-state index is 13.8. The molecule has 1 aromatic carbocycles. The van der Waals surface area contributed by atoms with Crippen molar-refractivity contribution in [3.8, 4) is 5.75 Å². The monoisotopic (exact) mass is 465 g/mol. The Balaban J connectivity index is 1.61. The molecule has 1 saturated heterocycles. The predicted octanol–water partition coefficient (Wildman–Crippen LogP) is 2.97. The van der Waals surface area contributed by atoms with Gasteiger partial charge in [0.1, 0.15) is 21.9 Å². The Morgan fingerprint density at radius 2 is 2.00 bits per heavy atom. The van der Waals surface area contributed by atoms with Crippen LogP contribution in [0.25, 0.3) is 5.57 Å². The van der Waals surface area contributed by atoms with Crippen molar-refractivity contribution in [2.45, 2.75) is 11.0 Å². The molecule has 1 atom stereocenters. The predicted molar refractivity (Wildman–Crippen MR) is 124 cm³/mol. The molecule has 1 fully saturated rings. The summed E-state index contributed by atoms with van der Waals surface area (Å²) in [6.07, 6.45) is 6.28. The van der Waals surface area contributed by atoms with Gasteiger partial charge in [0.05, 0.1) is 4.91 Å². The molecule has 9 heteroatoms. The number of allylic oxidation sites excluding steroid dienone is 2. The second kappa shape index (κ2) is 9.07. The number of piperazine rings is 1. The number of sulfonamides is 1. The first-order chi connectivity index (χ1) is 14.8. The van der Waals surface area contributed by atoms with Crippen LogP contribution in [-0.2, 0) is 10.0 Å². The summed E-state index contributed by atoms with van der Waals surface area (Å²) in [5.41, 5.74) is 1.71. The van der Waals surface area contributed by atoms with Crippen LogP contribution < -0.4 is 4.74 Å². The summed E-state index contributed by atoms with van der Waals surface area (Å²) in [4.78, 5) is 5.55. The SMILES string of the molecule is CN1CCN(CCC=C2C3=C(C=CC(S(=O)(=O)N(C)C)S3)Oc3cc(F)ccc32)CC1. The lowest BCUT2D eigenvalue weighted by molar-refractivity contribution is 0.156. The van der Waals surface area contributed by atoms with Gasteiger partial charge < -0.3 is 14.5 Å². The Hall–Kier alpha value is -1.65. The van der Waals surface area contributed by atoms with Gasteiger partial charge in [-0.3, -0.25) is 0 Å². The zero-order valence-corrected chi connectivity index (χ0v) is 19.7. The van der Waals surface area contributed by atoms with Crippen molar-refractivity contribution in [3.63, 3.8) is 0 Å². The van der Waals surface area contributed by atoms with Crippen LogP contribution in [0.5, 0.6) is 5.75 Å². The molecule has 4 rings (SSSR count). The van der Waals surface area contributed by atoms with Crippen molar-refractivity contribution in [2.75, 3.05) is 53.9 Å². The van der Waals surface area contributed by atoms with E-state index in [1.807, 2.05) is 0 Å². The van der Waals surface area contributed by atoms with E-state index >= 15 is 0 Å². The van der Waals surface area contributed by atoms with E-state index in [1.54, 1.807) is 18.2 Å². The van der Waals surface area contributed by atoms with Crippen molar-refractivity contribution in [3.05, 3.63) is 58.5 Å². The lowest BCUT2D eigenvalue weighted by atomic mass is 9.99. The second-order valence-electron chi connectivity index (χ2n) is 8.16. The number of ether oxygens (including phenoxy) is 1. The minimum atomic E-state index is -3.48. The third-order valence-corrected chi connectivity index (χ3v) is 9.58. The van der Waals surface area contributed by atoms with Gasteiger partial charge in [-0.25, -0.2) is 17.1 Å². The van der Waals surface area contributed by atoms with E-state index in [-0.39, 0.29) is 5.82 Å². The molecule has 0 spiro atoms. The third-order valence-electron chi connectivity index (χ3n) is 5.75. The highest BCUT2D eigenvalue weighted by Crippen LogP contribution is 2.48. The summed E-state index contributed by atoms with van der Waals surface area (Å²) >= 11 is 1.27. The van der Waals surface area contributed by atoms with Gasteiger partial charge in [0.2, 0.25) is 10.0 Å². The number of benzene rings is 1. The molecule has 0 aliphatic carbocycles. The Kier molecular flexibility index (Phi) is 6.60. The molecule has 31 heavy (non-hydrogen) atoms. The molecule has 6 nitrogen and oxygen atoms in total. The standard InChI is InChI=1S/C22H28FN3O3S2/c1-24(2)31(27,28)21-9-8-19-22(30-21)18(17-7-6-16(23)15-20(17)29-19)5-4-10-26-13-11-25(3)12-14-26/h5-9,15,21H,4,10-14H2,1-3H3. The number of hydrogen-bond acceptors (Lipinski definition) is 6. The molecule has 1 unspecified atom stereocenters. The van der Waals surface area contributed by atoms with Crippen LogP contribution in [0.2, 0.25) is 0 Å². The van der Waals surface area contributed by atoms with Crippen molar-refractivity contribution in [1.29, 1.82) is 0 Å². The molecule has 3 heterocycles. The molecule has 3 aliphatic rings. The number of halogens is 1. The van der Waals surface area contributed by atoms with Crippen LogP contribution in [0.1, 0.15) is 12.0 Å². The van der Waals surface area contributed by atoms with Gasteiger partial charge in [0.15, 0.2) is 0 Å². The van der Waals surface area contributed by atoms with Crippen LogP contribution in [0.3, 0.4) is 0 Å². The molecule has 0 saturated carbocycles. The van der Waals surface area contributed by atoms with E-state index in [1.165, 1.54) is 42.3 Å². The topological polar surface area (TPSA) is 53.1 Å². The summed E-state index contributed by atoms with van der Waals surface area (Å²) in [5, 5.41) is 0. The zero-order valence-electron chi connectivity index (χ0n) is 18.0. The Bertz CT molecular complexity index is 1040. The zero-order chi connectivity index (χ0) is 22.2. The van der Waals surface area contributed by atoms with Crippen LogP contribution in [0.15, 0.2) is 47.1 Å². The van der Waals surface area contributed by atoms with E-state index in [9.17, 15) is 12.8 Å². The highest BCUT2D eigenvalue weighted by molar-refractivity contribution is 8.15. The van der Waals surface area contributed by atoms with Gasteiger partial charge in [0.25, 0.3) is 0 Å². The summed E-state index contributed by atoms with van der Waals surface area (Å²) in [6.45, 7) is 5.13. The van der Waals surface area contributed by atoms with E-state index in [4.69, 9.17) is 4.74 Å². The Labute approximate surface area is 188 Å². The summed E-state index contributed by atoms with van der Waals surface area (Å²) < 4.78 is 45.7.